The topological polar surface area (TPSA) is 161 Å². The monoisotopic (exact) mass is 544 g/mol. The van der Waals surface area contributed by atoms with E-state index in [2.05, 4.69) is 10.4 Å². The number of Topliss-reactive ketones (excluding diaryl/α,β-unsaturated/α-hetero) is 2. The van der Waals surface area contributed by atoms with Crippen molar-refractivity contribution in [2.45, 2.75) is 44.6 Å². The summed E-state index contributed by atoms with van der Waals surface area (Å²) in [6.07, 6.45) is 3.63. The average Bonchev–Trinajstić information content (AvgIpc) is 2.86. The molecule has 1 amide bonds. The molecule has 0 aliphatic rings. The van der Waals surface area contributed by atoms with E-state index in [0.717, 1.165) is 11.8 Å². The van der Waals surface area contributed by atoms with E-state index in [1.54, 1.807) is 30.3 Å². The molecule has 2 aromatic rings. The molecule has 0 heterocycles. The Bertz CT molecular complexity index is 1190. The molecule has 2 aromatic carbocycles. The Morgan fingerprint density at radius 1 is 1.00 bits per heavy atom. The van der Waals surface area contributed by atoms with E-state index in [1.807, 2.05) is 0 Å². The standard InChI is InChI=1S/C26H26Cl2N4O5/c27-20-5-2-6-21(28)24(20)25(35)31-22(26(36)37)11-12-23(34)17-9-7-16(8-10-17)15-19(33)4-1-3-18(32-30)13-14-29/h2,5-10,13-14,22,29-30H,1,3-4,11-12,15H2,(H,31,35)(H,36,37)/b18-13-,29-14?,32-30?/t22-/m0/s1. The molecule has 0 aliphatic heterocycles. The van der Waals surface area contributed by atoms with E-state index in [4.69, 9.17) is 34.1 Å². The van der Waals surface area contributed by atoms with Gasteiger partial charge in [0.1, 0.15) is 11.8 Å². The molecule has 2 rings (SSSR count). The maximum Gasteiger partial charge on any atom is 0.326 e. The number of carbonyl (C=O) groups is 4. The van der Waals surface area contributed by atoms with Crippen molar-refractivity contribution in [2.24, 2.45) is 5.11 Å². The molecule has 0 spiro atoms. The van der Waals surface area contributed by atoms with Gasteiger partial charge in [0.05, 0.1) is 21.3 Å². The van der Waals surface area contributed by atoms with E-state index in [-0.39, 0.29) is 46.4 Å². The Hall–Kier alpha value is -3.69. The molecule has 0 unspecified atom stereocenters. The first-order valence-electron chi connectivity index (χ1n) is 11.3. The average molecular weight is 545 g/mol. The molecule has 194 valence electrons. The van der Waals surface area contributed by atoms with Crippen LogP contribution in [0.15, 0.2) is 59.4 Å². The van der Waals surface area contributed by atoms with Gasteiger partial charge in [0.25, 0.3) is 5.91 Å². The molecule has 0 radical (unpaired) electrons. The number of nitrogens with zero attached hydrogens (tertiary/aromatic N) is 1. The maximum atomic E-state index is 12.6. The lowest BCUT2D eigenvalue weighted by Gasteiger charge is -2.15. The zero-order valence-corrected chi connectivity index (χ0v) is 21.3. The number of allylic oxidation sites excluding steroid dienone is 2. The van der Waals surface area contributed by atoms with Crippen LogP contribution in [0.25, 0.3) is 0 Å². The minimum atomic E-state index is -1.32. The zero-order valence-electron chi connectivity index (χ0n) is 19.8. The van der Waals surface area contributed by atoms with Gasteiger partial charge in [-0.15, -0.1) is 0 Å². The summed E-state index contributed by atoms with van der Waals surface area (Å²) in [6, 6.07) is 9.64. The number of carboxylic acids is 1. The quantitative estimate of drug-likeness (QED) is 0.128. The summed E-state index contributed by atoms with van der Waals surface area (Å²) in [4.78, 5) is 49.0. The summed E-state index contributed by atoms with van der Waals surface area (Å²) in [5.41, 5.74) is 8.51. The highest BCUT2D eigenvalue weighted by atomic mass is 35.5. The van der Waals surface area contributed by atoms with Gasteiger partial charge < -0.3 is 15.8 Å². The fourth-order valence-corrected chi connectivity index (χ4v) is 4.06. The van der Waals surface area contributed by atoms with Crippen LogP contribution in [-0.2, 0) is 16.0 Å². The van der Waals surface area contributed by atoms with E-state index < -0.39 is 17.9 Å². The molecule has 0 fully saturated rings. The lowest BCUT2D eigenvalue weighted by molar-refractivity contribution is -0.139. The van der Waals surface area contributed by atoms with Gasteiger partial charge in [-0.05, 0) is 43.0 Å². The largest absolute Gasteiger partial charge is 0.480 e. The maximum absolute atomic E-state index is 12.6. The second-order valence-electron chi connectivity index (χ2n) is 8.13. The highest BCUT2D eigenvalue weighted by Crippen LogP contribution is 2.24. The van der Waals surface area contributed by atoms with E-state index >= 15 is 0 Å². The van der Waals surface area contributed by atoms with Crippen LogP contribution in [0.4, 0.5) is 0 Å². The molecule has 0 saturated heterocycles. The number of aliphatic carboxylic acids is 1. The number of carboxylic acid groups (broad SMARTS) is 1. The summed E-state index contributed by atoms with van der Waals surface area (Å²) >= 11 is 12.0. The van der Waals surface area contributed by atoms with Gasteiger partial charge in [-0.1, -0.05) is 53.5 Å². The molecule has 0 saturated carbocycles. The van der Waals surface area contributed by atoms with Gasteiger partial charge in [-0.3, -0.25) is 14.4 Å². The summed E-state index contributed by atoms with van der Waals surface area (Å²) < 4.78 is 0. The first-order valence-corrected chi connectivity index (χ1v) is 12.1. The molecular weight excluding hydrogens is 519 g/mol. The first kappa shape index (κ1) is 29.5. The van der Waals surface area contributed by atoms with Gasteiger partial charge in [-0.25, -0.2) is 10.3 Å². The van der Waals surface area contributed by atoms with Crippen LogP contribution in [-0.4, -0.2) is 40.8 Å². The van der Waals surface area contributed by atoms with Crippen LogP contribution in [0.2, 0.25) is 10.0 Å². The third kappa shape index (κ3) is 9.36. The lowest BCUT2D eigenvalue weighted by Crippen LogP contribution is -2.41. The molecule has 11 heteroatoms. The SMILES string of the molecule is N=C/C=C(/CCCC(=O)Cc1ccc(C(=O)CC[C@H](NC(=O)c2c(Cl)cccc2Cl)C(=O)O)cc1)N=N. The number of hydrogen-bond donors (Lipinski definition) is 4. The number of amides is 1. The third-order valence-corrected chi connectivity index (χ3v) is 6.07. The highest BCUT2D eigenvalue weighted by molar-refractivity contribution is 6.39. The molecule has 1 atom stereocenters. The van der Waals surface area contributed by atoms with Crippen molar-refractivity contribution >= 4 is 52.9 Å². The third-order valence-electron chi connectivity index (χ3n) is 5.44. The Kier molecular flexibility index (Phi) is 11.8. The Morgan fingerprint density at radius 2 is 1.65 bits per heavy atom. The molecule has 0 bridgehead atoms. The second-order valence-corrected chi connectivity index (χ2v) is 8.94. The smallest absolute Gasteiger partial charge is 0.326 e. The van der Waals surface area contributed by atoms with Crippen molar-refractivity contribution in [3.8, 4) is 0 Å². The summed E-state index contributed by atoms with van der Waals surface area (Å²) in [5, 5.41) is 22.3. The zero-order chi connectivity index (χ0) is 27.4. The van der Waals surface area contributed by atoms with E-state index in [0.29, 0.717) is 30.5 Å². The van der Waals surface area contributed by atoms with Crippen molar-refractivity contribution in [3.05, 3.63) is 81.0 Å². The molecule has 37 heavy (non-hydrogen) atoms. The Balaban J connectivity index is 1.89. The van der Waals surface area contributed by atoms with Gasteiger partial charge in [-0.2, -0.15) is 5.11 Å². The van der Waals surface area contributed by atoms with Crippen LogP contribution in [0.5, 0.6) is 0 Å². The van der Waals surface area contributed by atoms with Gasteiger partial charge >= 0.3 is 5.97 Å². The van der Waals surface area contributed by atoms with E-state index in [9.17, 15) is 24.3 Å². The van der Waals surface area contributed by atoms with Crippen LogP contribution in [0, 0.1) is 10.9 Å². The number of nitrogens with one attached hydrogen (secondary N) is 3. The predicted octanol–water partition coefficient (Wildman–Crippen LogP) is 5.69. The van der Waals surface area contributed by atoms with Crippen molar-refractivity contribution in [1.82, 2.24) is 5.32 Å². The number of benzene rings is 2. The summed E-state index contributed by atoms with van der Waals surface area (Å²) in [5.74, 6) is -2.36. The normalized spacial score (nSPS) is 11.9. The number of rotatable bonds is 15. The minimum absolute atomic E-state index is 0.00285. The van der Waals surface area contributed by atoms with Gasteiger partial charge in [0, 0.05) is 31.0 Å². The first-order chi connectivity index (χ1) is 17.7. The van der Waals surface area contributed by atoms with Gasteiger partial charge in [0.15, 0.2) is 5.78 Å². The van der Waals surface area contributed by atoms with Crippen molar-refractivity contribution in [3.63, 3.8) is 0 Å². The summed E-state index contributed by atoms with van der Waals surface area (Å²) in [7, 11) is 0. The second kappa shape index (κ2) is 14.8. The molecular formula is C26H26Cl2N4O5. The van der Waals surface area contributed by atoms with Crippen LogP contribution in [0.1, 0.15) is 58.4 Å². The van der Waals surface area contributed by atoms with Crippen molar-refractivity contribution in [1.29, 1.82) is 10.9 Å². The highest BCUT2D eigenvalue weighted by Gasteiger charge is 2.24. The van der Waals surface area contributed by atoms with Gasteiger partial charge in [0.2, 0.25) is 0 Å². The van der Waals surface area contributed by atoms with Crippen LogP contribution >= 0.6 is 23.2 Å². The fourth-order valence-electron chi connectivity index (χ4n) is 3.49. The fraction of sp³-hybridized carbons (Fsp3) is 0.269. The number of hydrogen-bond acceptors (Lipinski definition) is 7. The van der Waals surface area contributed by atoms with Crippen LogP contribution in [0.3, 0.4) is 0 Å². The summed E-state index contributed by atoms with van der Waals surface area (Å²) in [6.45, 7) is 0. The lowest BCUT2D eigenvalue weighted by atomic mass is 9.99. The molecule has 9 nitrogen and oxygen atoms in total. The predicted molar refractivity (Wildman–Crippen MR) is 140 cm³/mol. The number of carbonyl (C=O) groups excluding carboxylic acids is 3. The molecule has 0 aliphatic carbocycles. The molecule has 0 aromatic heterocycles. The van der Waals surface area contributed by atoms with Crippen molar-refractivity contribution in [2.75, 3.05) is 0 Å². The minimum Gasteiger partial charge on any atom is -0.480 e. The molecule has 4 N–H and O–H groups in total. The van der Waals surface area contributed by atoms with Crippen LogP contribution < -0.4 is 5.32 Å². The Morgan fingerprint density at radius 3 is 2.22 bits per heavy atom. The number of ketones is 2. The Labute approximate surface area is 223 Å². The number of halogens is 2. The van der Waals surface area contributed by atoms with E-state index in [1.165, 1.54) is 18.2 Å². The van der Waals surface area contributed by atoms with Crippen molar-refractivity contribution < 1.29 is 24.3 Å².